The van der Waals surface area contributed by atoms with Crippen LogP contribution >= 0.6 is 0 Å². The molecule has 2 nitrogen and oxygen atoms in total. The molecule has 16 heavy (non-hydrogen) atoms. The van der Waals surface area contributed by atoms with Crippen molar-refractivity contribution in [3.05, 3.63) is 29.8 Å². The van der Waals surface area contributed by atoms with E-state index in [0.717, 1.165) is 17.7 Å². The monoisotopic (exact) mass is 226 g/mol. The molecule has 0 fully saturated rings. The molecule has 0 radical (unpaired) electrons. The summed E-state index contributed by atoms with van der Waals surface area (Å²) in [7, 11) is 0. The fourth-order valence-corrected chi connectivity index (χ4v) is 2.29. The Morgan fingerprint density at radius 1 is 1.38 bits per heavy atom. The summed E-state index contributed by atoms with van der Waals surface area (Å²) in [6, 6.07) is 7.36. The van der Waals surface area contributed by atoms with Crippen LogP contribution in [0.15, 0.2) is 24.3 Å². The van der Waals surface area contributed by atoms with Crippen LogP contribution in [0.5, 0.6) is 0 Å². The Labute approximate surface area is 93.8 Å². The van der Waals surface area contributed by atoms with E-state index in [-0.39, 0.29) is 6.04 Å². The van der Waals surface area contributed by atoms with E-state index in [1.54, 1.807) is 12.1 Å². The molecule has 88 valence electrons. The normalized spacial score (nSPS) is 24.0. The molecule has 0 spiro atoms. The average molecular weight is 226 g/mol. The van der Waals surface area contributed by atoms with Crippen molar-refractivity contribution >= 4 is 5.69 Å². The van der Waals surface area contributed by atoms with Crippen molar-refractivity contribution in [2.45, 2.75) is 31.2 Å². The number of hydrogen-bond donors (Lipinski definition) is 2. The number of nitrogens with two attached hydrogens (primary N) is 1. The minimum absolute atomic E-state index is 0.0684. The lowest BCUT2D eigenvalue weighted by Gasteiger charge is -2.32. The lowest BCUT2D eigenvalue weighted by molar-refractivity contribution is 0.105. The molecule has 1 heterocycles. The molecule has 2 atom stereocenters. The van der Waals surface area contributed by atoms with Gasteiger partial charge in [-0.05, 0) is 31.0 Å². The van der Waals surface area contributed by atoms with Gasteiger partial charge in [-0.15, -0.1) is 0 Å². The van der Waals surface area contributed by atoms with Crippen molar-refractivity contribution in [1.29, 1.82) is 0 Å². The van der Waals surface area contributed by atoms with Gasteiger partial charge in [0.15, 0.2) is 0 Å². The second-order valence-corrected chi connectivity index (χ2v) is 4.18. The molecule has 0 amide bonds. The predicted octanol–water partition coefficient (Wildman–Crippen LogP) is 2.57. The van der Waals surface area contributed by atoms with Crippen LogP contribution in [-0.4, -0.2) is 19.0 Å². The van der Waals surface area contributed by atoms with Crippen LogP contribution in [-0.2, 0) is 0 Å². The van der Waals surface area contributed by atoms with Crippen molar-refractivity contribution < 1.29 is 8.78 Å². The van der Waals surface area contributed by atoms with Gasteiger partial charge in [-0.3, -0.25) is 0 Å². The van der Waals surface area contributed by atoms with Crippen LogP contribution in [0.3, 0.4) is 0 Å². The van der Waals surface area contributed by atoms with Crippen LogP contribution in [0, 0.1) is 0 Å². The number of halogens is 2. The van der Waals surface area contributed by atoms with Gasteiger partial charge in [0.25, 0.3) is 0 Å². The van der Waals surface area contributed by atoms with Crippen molar-refractivity contribution in [3.63, 3.8) is 0 Å². The first-order valence-electron chi connectivity index (χ1n) is 5.56. The topological polar surface area (TPSA) is 38.0 Å². The van der Waals surface area contributed by atoms with Gasteiger partial charge in [0.05, 0.1) is 0 Å². The molecule has 1 aromatic carbocycles. The summed E-state index contributed by atoms with van der Waals surface area (Å²) in [6.07, 6.45) is -1.10. The third-order valence-electron chi connectivity index (χ3n) is 3.08. The first-order chi connectivity index (χ1) is 7.72. The summed E-state index contributed by atoms with van der Waals surface area (Å²) in [5.41, 5.74) is 7.03. The lowest BCUT2D eigenvalue weighted by Crippen LogP contribution is -2.32. The van der Waals surface area contributed by atoms with E-state index < -0.39 is 12.3 Å². The van der Waals surface area contributed by atoms with E-state index in [1.165, 1.54) is 0 Å². The third kappa shape index (κ3) is 2.16. The quantitative estimate of drug-likeness (QED) is 0.831. The zero-order valence-corrected chi connectivity index (χ0v) is 9.00. The molecule has 4 heteroatoms. The molecule has 0 saturated carbocycles. The van der Waals surface area contributed by atoms with E-state index >= 15 is 0 Å². The van der Waals surface area contributed by atoms with Gasteiger partial charge < -0.3 is 11.1 Å². The molecule has 1 aliphatic heterocycles. The van der Waals surface area contributed by atoms with Crippen LogP contribution in [0.1, 0.15) is 24.3 Å². The summed E-state index contributed by atoms with van der Waals surface area (Å²) in [6.45, 7) is 0.524. The molecule has 0 aromatic heterocycles. The van der Waals surface area contributed by atoms with Crippen molar-refractivity contribution in [2.24, 2.45) is 5.73 Å². The van der Waals surface area contributed by atoms with Gasteiger partial charge in [-0.2, -0.15) is 0 Å². The van der Waals surface area contributed by atoms with Crippen molar-refractivity contribution in [3.8, 4) is 0 Å². The van der Waals surface area contributed by atoms with E-state index in [9.17, 15) is 8.78 Å². The highest BCUT2D eigenvalue weighted by atomic mass is 19.3. The molecular formula is C12H16F2N2. The Kier molecular flexibility index (Phi) is 3.39. The van der Waals surface area contributed by atoms with Crippen LogP contribution in [0.2, 0.25) is 0 Å². The molecule has 3 N–H and O–H groups in total. The van der Waals surface area contributed by atoms with E-state index in [4.69, 9.17) is 5.73 Å². The Bertz CT molecular complexity index is 355. The largest absolute Gasteiger partial charge is 0.382 e. The number of alkyl halides is 2. The summed E-state index contributed by atoms with van der Waals surface area (Å²) in [4.78, 5) is 0. The third-order valence-corrected chi connectivity index (χ3v) is 3.08. The van der Waals surface area contributed by atoms with Gasteiger partial charge in [0, 0.05) is 17.6 Å². The van der Waals surface area contributed by atoms with E-state index in [0.29, 0.717) is 13.0 Å². The highest BCUT2D eigenvalue weighted by molar-refractivity contribution is 5.55. The molecule has 2 rings (SSSR count). The fourth-order valence-electron chi connectivity index (χ4n) is 2.29. The van der Waals surface area contributed by atoms with Crippen molar-refractivity contribution in [2.75, 3.05) is 11.9 Å². The maximum Gasteiger partial charge on any atom is 0.245 e. The van der Waals surface area contributed by atoms with E-state index in [1.807, 2.05) is 12.1 Å². The molecule has 2 unspecified atom stereocenters. The molecule has 1 aliphatic rings. The van der Waals surface area contributed by atoms with Crippen LogP contribution in [0.25, 0.3) is 0 Å². The first kappa shape index (κ1) is 11.3. The van der Waals surface area contributed by atoms with Gasteiger partial charge in [0.1, 0.15) is 0 Å². The highest BCUT2D eigenvalue weighted by Crippen LogP contribution is 2.38. The highest BCUT2D eigenvalue weighted by Gasteiger charge is 2.31. The van der Waals surface area contributed by atoms with E-state index in [2.05, 4.69) is 5.32 Å². The zero-order valence-electron chi connectivity index (χ0n) is 9.00. The maximum atomic E-state index is 13.0. The Morgan fingerprint density at radius 3 is 2.81 bits per heavy atom. The first-order valence-corrected chi connectivity index (χ1v) is 5.56. The number of para-hydroxylation sites is 1. The standard InChI is InChI=1S/C12H16F2N2/c13-12(14)10-7-8(5-6-15)16-11-4-2-1-3-9(10)11/h1-4,8,10,12,16H,5-7,15H2. The Balaban J connectivity index is 2.26. The number of nitrogens with one attached hydrogen (secondary N) is 1. The Hall–Kier alpha value is -1.16. The van der Waals surface area contributed by atoms with Crippen LogP contribution in [0.4, 0.5) is 14.5 Å². The minimum atomic E-state index is -2.30. The second kappa shape index (κ2) is 4.78. The van der Waals surface area contributed by atoms with Gasteiger partial charge in [-0.25, -0.2) is 8.78 Å². The maximum absolute atomic E-state index is 13.0. The SMILES string of the molecule is NCCC1CC(C(F)F)c2ccccc2N1. The fraction of sp³-hybridized carbons (Fsp3) is 0.500. The summed E-state index contributed by atoms with van der Waals surface area (Å²) in [5, 5.41) is 3.27. The molecular weight excluding hydrogens is 210 g/mol. The molecule has 1 aromatic rings. The number of rotatable bonds is 3. The second-order valence-electron chi connectivity index (χ2n) is 4.18. The average Bonchev–Trinajstić information content (AvgIpc) is 2.28. The van der Waals surface area contributed by atoms with Gasteiger partial charge in [0.2, 0.25) is 6.43 Å². The smallest absolute Gasteiger partial charge is 0.245 e. The van der Waals surface area contributed by atoms with Gasteiger partial charge >= 0.3 is 0 Å². The predicted molar refractivity (Wildman–Crippen MR) is 60.9 cm³/mol. The minimum Gasteiger partial charge on any atom is -0.382 e. The molecule has 0 bridgehead atoms. The Morgan fingerprint density at radius 2 is 2.12 bits per heavy atom. The molecule has 0 saturated heterocycles. The summed E-state index contributed by atoms with van der Waals surface area (Å²) in [5.74, 6) is -0.658. The number of fused-ring (bicyclic) bond motifs is 1. The van der Waals surface area contributed by atoms with Crippen LogP contribution < -0.4 is 11.1 Å². The number of anilines is 1. The molecule has 0 aliphatic carbocycles. The summed E-state index contributed by atoms with van der Waals surface area (Å²) < 4.78 is 25.9. The zero-order chi connectivity index (χ0) is 11.5. The number of benzene rings is 1. The van der Waals surface area contributed by atoms with Crippen molar-refractivity contribution in [1.82, 2.24) is 0 Å². The lowest BCUT2D eigenvalue weighted by atomic mass is 9.86. The number of hydrogen-bond acceptors (Lipinski definition) is 2. The van der Waals surface area contributed by atoms with Gasteiger partial charge in [-0.1, -0.05) is 18.2 Å². The summed E-state index contributed by atoms with van der Waals surface area (Å²) >= 11 is 0.